The van der Waals surface area contributed by atoms with Crippen molar-refractivity contribution in [2.45, 2.75) is 13.0 Å². The number of amides is 1. The van der Waals surface area contributed by atoms with Gasteiger partial charge in [0, 0.05) is 17.5 Å². The second kappa shape index (κ2) is 6.33. The molecule has 1 atom stereocenters. The third-order valence-corrected chi connectivity index (χ3v) is 3.94. The fourth-order valence-corrected chi connectivity index (χ4v) is 2.62. The van der Waals surface area contributed by atoms with Gasteiger partial charge in [0.25, 0.3) is 11.6 Å². The van der Waals surface area contributed by atoms with Crippen LogP contribution in [0.15, 0.2) is 52.9 Å². The van der Waals surface area contributed by atoms with Gasteiger partial charge in [0.15, 0.2) is 0 Å². The second-order valence-corrected chi connectivity index (χ2v) is 5.71. The Kier molecular flexibility index (Phi) is 4.22. The van der Waals surface area contributed by atoms with Crippen molar-refractivity contribution in [3.05, 3.63) is 75.0 Å². The van der Waals surface area contributed by atoms with E-state index in [1.165, 1.54) is 12.1 Å². The summed E-state index contributed by atoms with van der Waals surface area (Å²) in [7, 11) is 0. The first-order valence-corrected chi connectivity index (χ1v) is 7.57. The number of nitrogens with one attached hydrogen (secondary N) is 1. The number of hydrogen-bond acceptors (Lipinski definition) is 4. The van der Waals surface area contributed by atoms with Gasteiger partial charge in [-0.3, -0.25) is 14.9 Å². The summed E-state index contributed by atoms with van der Waals surface area (Å²) < 4.78 is 5.71. The highest BCUT2D eigenvalue weighted by Gasteiger charge is 2.19. The molecule has 0 radical (unpaired) electrons. The molecule has 1 heterocycles. The van der Waals surface area contributed by atoms with E-state index in [0.29, 0.717) is 5.76 Å². The summed E-state index contributed by atoms with van der Waals surface area (Å²) in [5.41, 5.74) is 0.745. The molecule has 122 valence electrons. The number of non-ortho nitro benzene ring substituents is 1. The summed E-state index contributed by atoms with van der Waals surface area (Å²) in [5, 5.41) is 14.5. The Labute approximate surface area is 142 Å². The van der Waals surface area contributed by atoms with Gasteiger partial charge >= 0.3 is 0 Å². The van der Waals surface area contributed by atoms with E-state index < -0.39 is 10.8 Å². The standard InChI is InChI=1S/C17H13ClN2O4/c1-10(16-8-11-4-2-3-5-15(11)24-16)19-17(21)13-7-6-12(20(22)23)9-14(13)18/h2-10H,1H3,(H,19,21)/t10-/m1/s1. The Bertz CT molecular complexity index is 902. The molecule has 1 aromatic heterocycles. The zero-order valence-corrected chi connectivity index (χ0v) is 13.4. The molecular formula is C17H13ClN2O4. The van der Waals surface area contributed by atoms with Gasteiger partial charge in [-0.15, -0.1) is 0 Å². The van der Waals surface area contributed by atoms with Crippen LogP contribution in [-0.2, 0) is 0 Å². The highest BCUT2D eigenvalue weighted by Crippen LogP contribution is 2.26. The van der Waals surface area contributed by atoms with Crippen LogP contribution >= 0.6 is 11.6 Å². The van der Waals surface area contributed by atoms with E-state index in [9.17, 15) is 14.9 Å². The molecule has 6 nitrogen and oxygen atoms in total. The minimum atomic E-state index is -0.565. The van der Waals surface area contributed by atoms with E-state index in [1.54, 1.807) is 6.92 Å². The fraction of sp³-hybridized carbons (Fsp3) is 0.118. The summed E-state index contributed by atoms with van der Waals surface area (Å²) in [6.07, 6.45) is 0. The lowest BCUT2D eigenvalue weighted by atomic mass is 10.1. The first kappa shape index (κ1) is 16.0. The van der Waals surface area contributed by atoms with E-state index in [-0.39, 0.29) is 22.3 Å². The van der Waals surface area contributed by atoms with Gasteiger partial charge < -0.3 is 9.73 Å². The number of fused-ring (bicyclic) bond motifs is 1. The van der Waals surface area contributed by atoms with Crippen molar-refractivity contribution in [1.82, 2.24) is 5.32 Å². The summed E-state index contributed by atoms with van der Waals surface area (Å²) in [4.78, 5) is 22.5. The van der Waals surface area contributed by atoms with Crippen molar-refractivity contribution in [2.75, 3.05) is 0 Å². The molecule has 0 unspecified atom stereocenters. The number of carbonyl (C=O) groups is 1. The van der Waals surface area contributed by atoms with Crippen molar-refractivity contribution in [1.29, 1.82) is 0 Å². The van der Waals surface area contributed by atoms with Gasteiger partial charge in [0.1, 0.15) is 11.3 Å². The SMILES string of the molecule is C[C@@H](NC(=O)c1ccc([N+](=O)[O-])cc1Cl)c1cc2ccccc2o1. The van der Waals surface area contributed by atoms with E-state index in [1.807, 2.05) is 30.3 Å². The van der Waals surface area contributed by atoms with Crippen LogP contribution in [0.1, 0.15) is 29.1 Å². The maximum absolute atomic E-state index is 12.3. The molecule has 0 fully saturated rings. The summed E-state index contributed by atoms with van der Waals surface area (Å²) in [5.74, 6) is 0.186. The lowest BCUT2D eigenvalue weighted by Crippen LogP contribution is -2.26. The minimum absolute atomic E-state index is 0.0264. The molecule has 0 bridgehead atoms. The number of carbonyl (C=O) groups excluding carboxylic acids is 1. The molecular weight excluding hydrogens is 332 g/mol. The summed E-state index contributed by atoms with van der Waals surface area (Å²) in [6.45, 7) is 1.79. The van der Waals surface area contributed by atoms with Crippen molar-refractivity contribution in [3.8, 4) is 0 Å². The number of para-hydroxylation sites is 1. The van der Waals surface area contributed by atoms with Crippen LogP contribution in [0.2, 0.25) is 5.02 Å². The predicted molar refractivity (Wildman–Crippen MR) is 90.2 cm³/mol. The maximum Gasteiger partial charge on any atom is 0.270 e. The van der Waals surface area contributed by atoms with Gasteiger partial charge in [0.05, 0.1) is 21.6 Å². The molecule has 1 N–H and O–H groups in total. The van der Waals surface area contributed by atoms with E-state index in [4.69, 9.17) is 16.0 Å². The largest absolute Gasteiger partial charge is 0.459 e. The lowest BCUT2D eigenvalue weighted by molar-refractivity contribution is -0.384. The number of furan rings is 1. The summed E-state index contributed by atoms with van der Waals surface area (Å²) in [6, 6.07) is 12.8. The quantitative estimate of drug-likeness (QED) is 0.558. The number of rotatable bonds is 4. The zero-order chi connectivity index (χ0) is 17.3. The summed E-state index contributed by atoms with van der Waals surface area (Å²) >= 11 is 5.97. The van der Waals surface area contributed by atoms with Crippen LogP contribution in [0.3, 0.4) is 0 Å². The Hall–Kier alpha value is -2.86. The van der Waals surface area contributed by atoms with E-state index in [2.05, 4.69) is 5.32 Å². The molecule has 1 amide bonds. The molecule has 0 saturated carbocycles. The van der Waals surface area contributed by atoms with Crippen LogP contribution in [-0.4, -0.2) is 10.8 Å². The van der Waals surface area contributed by atoms with E-state index >= 15 is 0 Å². The predicted octanol–water partition coefficient (Wildman–Crippen LogP) is 4.49. The van der Waals surface area contributed by atoms with Crippen molar-refractivity contribution in [3.63, 3.8) is 0 Å². The normalized spacial score (nSPS) is 12.1. The zero-order valence-electron chi connectivity index (χ0n) is 12.7. The van der Waals surface area contributed by atoms with Gasteiger partial charge in [-0.05, 0) is 25.1 Å². The topological polar surface area (TPSA) is 85.4 Å². The average Bonchev–Trinajstić information content (AvgIpc) is 2.98. The highest BCUT2D eigenvalue weighted by molar-refractivity contribution is 6.34. The maximum atomic E-state index is 12.3. The van der Waals surface area contributed by atoms with Gasteiger partial charge in [-0.25, -0.2) is 0 Å². The van der Waals surface area contributed by atoms with Crippen molar-refractivity contribution in [2.24, 2.45) is 0 Å². The number of halogens is 1. The number of nitro benzene ring substituents is 1. The van der Waals surface area contributed by atoms with Crippen LogP contribution < -0.4 is 5.32 Å². The Morgan fingerprint density at radius 1 is 1.25 bits per heavy atom. The highest BCUT2D eigenvalue weighted by atomic mass is 35.5. The molecule has 0 aliphatic rings. The molecule has 0 saturated heterocycles. The smallest absolute Gasteiger partial charge is 0.270 e. The first-order chi connectivity index (χ1) is 11.5. The molecule has 24 heavy (non-hydrogen) atoms. The van der Waals surface area contributed by atoms with Gasteiger partial charge in [-0.1, -0.05) is 29.8 Å². The van der Waals surface area contributed by atoms with Crippen LogP contribution in [0.25, 0.3) is 11.0 Å². The third-order valence-electron chi connectivity index (χ3n) is 3.63. The second-order valence-electron chi connectivity index (χ2n) is 5.30. The Balaban J connectivity index is 1.80. The third kappa shape index (κ3) is 3.09. The molecule has 2 aromatic carbocycles. The first-order valence-electron chi connectivity index (χ1n) is 7.19. The minimum Gasteiger partial charge on any atom is -0.459 e. The number of benzene rings is 2. The van der Waals surface area contributed by atoms with E-state index in [0.717, 1.165) is 17.0 Å². The van der Waals surface area contributed by atoms with Gasteiger partial charge in [0.2, 0.25) is 0 Å². The molecule has 3 rings (SSSR count). The number of hydrogen-bond donors (Lipinski definition) is 1. The van der Waals surface area contributed by atoms with Crippen LogP contribution in [0.5, 0.6) is 0 Å². The van der Waals surface area contributed by atoms with Crippen LogP contribution in [0, 0.1) is 10.1 Å². The fourth-order valence-electron chi connectivity index (χ4n) is 2.36. The average molecular weight is 345 g/mol. The Morgan fingerprint density at radius 2 is 2.00 bits per heavy atom. The van der Waals surface area contributed by atoms with Crippen molar-refractivity contribution < 1.29 is 14.1 Å². The van der Waals surface area contributed by atoms with Gasteiger partial charge in [-0.2, -0.15) is 0 Å². The number of nitrogens with zero attached hydrogens (tertiary/aromatic N) is 1. The molecule has 0 aliphatic heterocycles. The van der Waals surface area contributed by atoms with Crippen LogP contribution in [0.4, 0.5) is 5.69 Å². The molecule has 7 heteroatoms. The molecule has 3 aromatic rings. The molecule has 0 aliphatic carbocycles. The monoisotopic (exact) mass is 344 g/mol. The van der Waals surface area contributed by atoms with Crippen molar-refractivity contribution >= 4 is 34.2 Å². The lowest BCUT2D eigenvalue weighted by Gasteiger charge is -2.12. The number of nitro groups is 1. The molecule has 0 spiro atoms. The Morgan fingerprint density at radius 3 is 2.67 bits per heavy atom.